The molecule has 1 aromatic rings. The summed E-state index contributed by atoms with van der Waals surface area (Å²) in [6.45, 7) is 7.74. The van der Waals surface area contributed by atoms with E-state index in [9.17, 15) is 0 Å². The van der Waals surface area contributed by atoms with Gasteiger partial charge in [-0.15, -0.1) is 11.8 Å². The number of thioether (sulfide) groups is 1. The van der Waals surface area contributed by atoms with Crippen molar-refractivity contribution in [3.63, 3.8) is 0 Å². The van der Waals surface area contributed by atoms with Crippen molar-refractivity contribution >= 4 is 11.8 Å². The van der Waals surface area contributed by atoms with Gasteiger partial charge in [0.25, 0.3) is 0 Å². The molecule has 0 aliphatic heterocycles. The second kappa shape index (κ2) is 6.97. The van der Waals surface area contributed by atoms with Crippen molar-refractivity contribution in [3.05, 3.63) is 29.3 Å². The molecule has 0 saturated carbocycles. The Labute approximate surface area is 104 Å². The van der Waals surface area contributed by atoms with Gasteiger partial charge < -0.3 is 5.32 Å². The molecule has 0 aliphatic carbocycles. The number of aryl methyl sites for hydroxylation is 1. The summed E-state index contributed by atoms with van der Waals surface area (Å²) >= 11 is 1.99. The van der Waals surface area contributed by atoms with Gasteiger partial charge in [0.15, 0.2) is 0 Å². The average molecular weight is 237 g/mol. The smallest absolute Gasteiger partial charge is 0.0202 e. The fourth-order valence-electron chi connectivity index (χ4n) is 1.54. The zero-order valence-corrected chi connectivity index (χ0v) is 11.7. The van der Waals surface area contributed by atoms with E-state index in [1.54, 1.807) is 0 Å². The van der Waals surface area contributed by atoms with E-state index in [0.717, 1.165) is 12.5 Å². The molecule has 0 bridgehead atoms. The highest BCUT2D eigenvalue weighted by Crippen LogP contribution is 2.25. The molecular weight excluding hydrogens is 214 g/mol. The number of hydrogen-bond acceptors (Lipinski definition) is 2. The van der Waals surface area contributed by atoms with Gasteiger partial charge in [-0.25, -0.2) is 0 Å². The van der Waals surface area contributed by atoms with Crippen molar-refractivity contribution in [1.82, 2.24) is 5.32 Å². The highest BCUT2D eigenvalue weighted by molar-refractivity contribution is 7.99. The van der Waals surface area contributed by atoms with Crippen LogP contribution in [-0.4, -0.2) is 12.8 Å². The van der Waals surface area contributed by atoms with Crippen LogP contribution < -0.4 is 5.32 Å². The van der Waals surface area contributed by atoms with Crippen LogP contribution in [0.2, 0.25) is 0 Å². The first-order valence-corrected chi connectivity index (χ1v) is 7.02. The van der Waals surface area contributed by atoms with Gasteiger partial charge in [-0.05, 0) is 37.1 Å². The van der Waals surface area contributed by atoms with Crippen LogP contribution in [0.1, 0.15) is 31.4 Å². The fourth-order valence-corrected chi connectivity index (χ4v) is 2.69. The minimum absolute atomic E-state index is 0.807. The first-order chi connectivity index (χ1) is 7.67. The molecule has 2 heteroatoms. The number of benzene rings is 1. The average Bonchev–Trinajstić information content (AvgIpc) is 2.28. The van der Waals surface area contributed by atoms with Gasteiger partial charge in [0.1, 0.15) is 0 Å². The van der Waals surface area contributed by atoms with Gasteiger partial charge in [-0.1, -0.05) is 32.4 Å². The maximum atomic E-state index is 3.18. The van der Waals surface area contributed by atoms with Crippen molar-refractivity contribution in [3.8, 4) is 0 Å². The zero-order valence-electron chi connectivity index (χ0n) is 10.8. The molecule has 0 aliphatic rings. The van der Waals surface area contributed by atoms with E-state index in [0.29, 0.717) is 0 Å². The molecule has 1 rings (SSSR count). The molecule has 90 valence electrons. The fraction of sp³-hybridized carbons (Fsp3) is 0.571. The Morgan fingerprint density at radius 1 is 1.38 bits per heavy atom. The van der Waals surface area contributed by atoms with Crippen molar-refractivity contribution < 1.29 is 0 Å². The molecule has 0 spiro atoms. The van der Waals surface area contributed by atoms with Crippen LogP contribution in [0, 0.1) is 12.8 Å². The summed E-state index contributed by atoms with van der Waals surface area (Å²) in [5.74, 6) is 2.03. The maximum absolute atomic E-state index is 3.18. The number of rotatable bonds is 6. The molecule has 0 radical (unpaired) electrons. The Morgan fingerprint density at radius 3 is 2.69 bits per heavy atom. The largest absolute Gasteiger partial charge is 0.316 e. The molecule has 0 saturated heterocycles. The van der Waals surface area contributed by atoms with Crippen LogP contribution in [0.25, 0.3) is 0 Å². The standard InChI is InChI=1S/C14H23NS/c1-5-11(2)10-16-14-7-6-13(9-15-4)8-12(14)3/h6-8,11,15H,5,9-10H2,1-4H3. The summed E-state index contributed by atoms with van der Waals surface area (Å²) in [6, 6.07) is 6.77. The topological polar surface area (TPSA) is 12.0 Å². The summed E-state index contributed by atoms with van der Waals surface area (Å²) < 4.78 is 0. The molecule has 1 nitrogen and oxygen atoms in total. The van der Waals surface area contributed by atoms with E-state index >= 15 is 0 Å². The molecule has 1 aromatic carbocycles. The Bertz CT molecular complexity index is 323. The molecular formula is C14H23NS. The first-order valence-electron chi connectivity index (χ1n) is 6.04. The molecule has 1 unspecified atom stereocenters. The second-order valence-electron chi connectivity index (χ2n) is 4.45. The lowest BCUT2D eigenvalue weighted by Crippen LogP contribution is -2.05. The lowest BCUT2D eigenvalue weighted by molar-refractivity contribution is 0.637. The summed E-state index contributed by atoms with van der Waals surface area (Å²) in [7, 11) is 1.99. The Kier molecular flexibility index (Phi) is 5.93. The monoisotopic (exact) mass is 237 g/mol. The maximum Gasteiger partial charge on any atom is 0.0202 e. The van der Waals surface area contributed by atoms with E-state index < -0.39 is 0 Å². The van der Waals surface area contributed by atoms with Crippen molar-refractivity contribution in [2.24, 2.45) is 5.92 Å². The van der Waals surface area contributed by atoms with Gasteiger partial charge in [-0.2, -0.15) is 0 Å². The molecule has 1 N–H and O–H groups in total. The van der Waals surface area contributed by atoms with Gasteiger partial charge >= 0.3 is 0 Å². The van der Waals surface area contributed by atoms with Crippen LogP contribution >= 0.6 is 11.8 Å². The minimum Gasteiger partial charge on any atom is -0.316 e. The lowest BCUT2D eigenvalue weighted by Gasteiger charge is -2.11. The van der Waals surface area contributed by atoms with E-state index in [4.69, 9.17) is 0 Å². The predicted molar refractivity (Wildman–Crippen MR) is 74.1 cm³/mol. The summed E-state index contributed by atoms with van der Waals surface area (Å²) in [5, 5.41) is 3.18. The highest BCUT2D eigenvalue weighted by atomic mass is 32.2. The molecule has 0 aromatic heterocycles. The summed E-state index contributed by atoms with van der Waals surface area (Å²) in [4.78, 5) is 1.43. The normalized spacial score (nSPS) is 12.8. The predicted octanol–water partition coefficient (Wildman–Crippen LogP) is 3.85. The molecule has 0 heterocycles. The van der Waals surface area contributed by atoms with Gasteiger partial charge in [0.2, 0.25) is 0 Å². The third kappa shape index (κ3) is 4.18. The van der Waals surface area contributed by atoms with E-state index in [2.05, 4.69) is 44.3 Å². The zero-order chi connectivity index (χ0) is 12.0. The molecule has 1 atom stereocenters. The molecule has 16 heavy (non-hydrogen) atoms. The van der Waals surface area contributed by atoms with Crippen LogP contribution in [-0.2, 0) is 6.54 Å². The minimum atomic E-state index is 0.807. The van der Waals surface area contributed by atoms with Gasteiger partial charge in [-0.3, -0.25) is 0 Å². The van der Waals surface area contributed by atoms with E-state index in [1.165, 1.54) is 28.2 Å². The van der Waals surface area contributed by atoms with Crippen LogP contribution in [0.15, 0.2) is 23.1 Å². The first kappa shape index (κ1) is 13.6. The third-order valence-corrected chi connectivity index (χ3v) is 4.35. The van der Waals surface area contributed by atoms with E-state index in [-0.39, 0.29) is 0 Å². The quantitative estimate of drug-likeness (QED) is 0.754. The second-order valence-corrected chi connectivity index (χ2v) is 5.52. The Hall–Kier alpha value is -0.470. The summed E-state index contributed by atoms with van der Waals surface area (Å²) in [5.41, 5.74) is 2.77. The van der Waals surface area contributed by atoms with Gasteiger partial charge in [0, 0.05) is 17.2 Å². The van der Waals surface area contributed by atoms with Crippen LogP contribution in [0.5, 0.6) is 0 Å². The van der Waals surface area contributed by atoms with E-state index in [1.807, 2.05) is 18.8 Å². The van der Waals surface area contributed by atoms with Gasteiger partial charge in [0.05, 0.1) is 0 Å². The highest BCUT2D eigenvalue weighted by Gasteiger charge is 2.03. The SMILES string of the molecule is CCC(C)CSc1ccc(CNC)cc1C. The molecule has 0 fully saturated rings. The number of hydrogen-bond donors (Lipinski definition) is 1. The number of nitrogens with one attached hydrogen (secondary N) is 1. The lowest BCUT2D eigenvalue weighted by atomic mass is 10.1. The van der Waals surface area contributed by atoms with Crippen molar-refractivity contribution in [2.45, 2.75) is 38.6 Å². The van der Waals surface area contributed by atoms with Crippen LogP contribution in [0.3, 0.4) is 0 Å². The van der Waals surface area contributed by atoms with Crippen molar-refractivity contribution in [1.29, 1.82) is 0 Å². The van der Waals surface area contributed by atoms with Crippen molar-refractivity contribution in [2.75, 3.05) is 12.8 Å². The third-order valence-electron chi connectivity index (χ3n) is 2.84. The Morgan fingerprint density at radius 2 is 2.12 bits per heavy atom. The molecule has 0 amide bonds. The summed E-state index contributed by atoms with van der Waals surface area (Å²) in [6.07, 6.45) is 1.27. The Balaban J connectivity index is 2.60. The van der Waals surface area contributed by atoms with Crippen LogP contribution in [0.4, 0.5) is 0 Å².